The standard InChI is InChI=1S/C10H21NO2.2C5H12O.C2H6/c1-8(2)6-7-13-9(3)4-5-10(11)12;2*1-5(2)3-4-6;1-2/h8-9H,4-7H2,1-3H3,(H2,11,12);2*5-6H,3-4H2,1-2H3;1-2H3. The number of ether oxygens (including phenoxy) is 1. The van der Waals surface area contributed by atoms with Crippen LogP contribution in [0.3, 0.4) is 0 Å². The fraction of sp³-hybridized carbons (Fsp3) is 0.955. The molecule has 0 bridgehead atoms. The first kappa shape index (κ1) is 33.9. The van der Waals surface area contributed by atoms with Gasteiger partial charge in [-0.25, -0.2) is 0 Å². The van der Waals surface area contributed by atoms with E-state index in [-0.39, 0.29) is 12.0 Å². The molecular weight excluding hydrogens is 342 g/mol. The molecule has 0 rings (SSSR count). The number of amides is 1. The zero-order chi connectivity index (χ0) is 22.3. The highest BCUT2D eigenvalue weighted by atomic mass is 16.5. The lowest BCUT2D eigenvalue weighted by Crippen LogP contribution is -2.16. The smallest absolute Gasteiger partial charge is 0.217 e. The normalized spacial score (nSPS) is 11.0. The van der Waals surface area contributed by atoms with Crippen LogP contribution in [0.5, 0.6) is 0 Å². The average Bonchev–Trinajstić information content (AvgIpc) is 2.55. The van der Waals surface area contributed by atoms with E-state index in [4.69, 9.17) is 20.7 Å². The average molecular weight is 394 g/mol. The van der Waals surface area contributed by atoms with Crippen LogP contribution in [0.25, 0.3) is 0 Å². The summed E-state index contributed by atoms with van der Waals surface area (Å²) in [6, 6.07) is 0. The number of aliphatic hydroxyl groups is 2. The van der Waals surface area contributed by atoms with Crippen molar-refractivity contribution in [3.05, 3.63) is 0 Å². The number of aliphatic hydroxyl groups excluding tert-OH is 2. The number of carbonyl (C=O) groups excluding carboxylic acids is 1. The predicted molar refractivity (Wildman–Crippen MR) is 118 cm³/mol. The van der Waals surface area contributed by atoms with Gasteiger partial charge < -0.3 is 20.7 Å². The first-order chi connectivity index (χ1) is 12.6. The molecule has 0 aromatic carbocycles. The molecule has 1 atom stereocenters. The third kappa shape index (κ3) is 51.7. The van der Waals surface area contributed by atoms with Gasteiger partial charge in [0.2, 0.25) is 5.91 Å². The molecule has 0 aromatic rings. The van der Waals surface area contributed by atoms with Gasteiger partial charge >= 0.3 is 0 Å². The van der Waals surface area contributed by atoms with Gasteiger partial charge in [-0.2, -0.15) is 0 Å². The Kier molecular flexibility index (Phi) is 34.6. The van der Waals surface area contributed by atoms with Crippen molar-refractivity contribution < 1.29 is 19.7 Å². The third-order valence-corrected chi connectivity index (χ3v) is 3.31. The number of hydrogen-bond donors (Lipinski definition) is 3. The molecule has 0 aromatic heterocycles. The Labute approximate surface area is 170 Å². The third-order valence-electron chi connectivity index (χ3n) is 3.31. The van der Waals surface area contributed by atoms with E-state index in [1.807, 2.05) is 20.8 Å². The lowest BCUT2D eigenvalue weighted by molar-refractivity contribution is -0.118. The van der Waals surface area contributed by atoms with Crippen molar-refractivity contribution >= 4 is 5.91 Å². The number of primary amides is 1. The van der Waals surface area contributed by atoms with E-state index < -0.39 is 0 Å². The lowest BCUT2D eigenvalue weighted by Gasteiger charge is -2.12. The van der Waals surface area contributed by atoms with Gasteiger partial charge in [-0.3, -0.25) is 4.79 Å². The van der Waals surface area contributed by atoms with E-state index in [0.29, 0.717) is 37.4 Å². The van der Waals surface area contributed by atoms with Crippen molar-refractivity contribution in [2.24, 2.45) is 23.5 Å². The van der Waals surface area contributed by atoms with E-state index in [1.54, 1.807) is 0 Å². The second-order valence-electron chi connectivity index (χ2n) is 7.68. The maximum atomic E-state index is 10.5. The van der Waals surface area contributed by atoms with Gasteiger partial charge in [-0.15, -0.1) is 0 Å². The van der Waals surface area contributed by atoms with Gasteiger partial charge in [0.25, 0.3) is 0 Å². The Hall–Kier alpha value is -0.650. The molecule has 4 N–H and O–H groups in total. The van der Waals surface area contributed by atoms with Crippen LogP contribution in [0, 0.1) is 17.8 Å². The quantitative estimate of drug-likeness (QED) is 0.471. The fourth-order valence-electron chi connectivity index (χ4n) is 1.45. The van der Waals surface area contributed by atoms with E-state index in [9.17, 15) is 4.79 Å². The molecule has 0 aliphatic rings. The zero-order valence-electron chi connectivity index (χ0n) is 19.8. The summed E-state index contributed by atoms with van der Waals surface area (Å²) in [6.07, 6.45) is 4.23. The Morgan fingerprint density at radius 2 is 1.15 bits per heavy atom. The van der Waals surface area contributed by atoms with Gasteiger partial charge in [0, 0.05) is 26.2 Å². The molecule has 168 valence electrons. The van der Waals surface area contributed by atoms with Crippen LogP contribution in [-0.4, -0.2) is 42.0 Å². The van der Waals surface area contributed by atoms with Gasteiger partial charge in [-0.05, 0) is 50.4 Å². The molecule has 1 amide bonds. The predicted octanol–water partition coefficient (Wildman–Crippen LogP) is 4.78. The van der Waals surface area contributed by atoms with Crippen LogP contribution < -0.4 is 5.73 Å². The first-order valence-corrected chi connectivity index (χ1v) is 10.7. The van der Waals surface area contributed by atoms with E-state index in [1.165, 1.54) is 0 Å². The molecule has 0 heterocycles. The van der Waals surface area contributed by atoms with Crippen molar-refractivity contribution in [3.63, 3.8) is 0 Å². The SMILES string of the molecule is CC.CC(C)CCO.CC(C)CCO.CC(C)CCOC(C)CCC(N)=O. The summed E-state index contributed by atoms with van der Waals surface area (Å²) in [4.78, 5) is 10.5. The molecule has 27 heavy (non-hydrogen) atoms. The minimum Gasteiger partial charge on any atom is -0.396 e. The number of hydrogen-bond acceptors (Lipinski definition) is 4. The van der Waals surface area contributed by atoms with Crippen molar-refractivity contribution in [1.29, 1.82) is 0 Å². The van der Waals surface area contributed by atoms with Crippen LogP contribution in [0.15, 0.2) is 0 Å². The van der Waals surface area contributed by atoms with Crippen LogP contribution >= 0.6 is 0 Å². The van der Waals surface area contributed by atoms with E-state index in [0.717, 1.165) is 32.3 Å². The van der Waals surface area contributed by atoms with Gasteiger partial charge in [0.05, 0.1) is 6.10 Å². The summed E-state index contributed by atoms with van der Waals surface area (Å²) in [5, 5.41) is 16.5. The molecule has 0 saturated heterocycles. The lowest BCUT2D eigenvalue weighted by atomic mass is 10.1. The minimum atomic E-state index is -0.251. The molecule has 0 fully saturated rings. The van der Waals surface area contributed by atoms with Gasteiger partial charge in [-0.1, -0.05) is 55.4 Å². The number of nitrogens with two attached hydrogens (primary N) is 1. The van der Waals surface area contributed by atoms with Crippen molar-refractivity contribution in [2.45, 2.75) is 101 Å². The molecule has 1 unspecified atom stereocenters. The van der Waals surface area contributed by atoms with Gasteiger partial charge in [0.15, 0.2) is 0 Å². The van der Waals surface area contributed by atoms with Crippen molar-refractivity contribution in [3.8, 4) is 0 Å². The van der Waals surface area contributed by atoms with Crippen LogP contribution in [-0.2, 0) is 9.53 Å². The second kappa shape index (κ2) is 27.6. The van der Waals surface area contributed by atoms with Gasteiger partial charge in [0.1, 0.15) is 0 Å². The molecular formula is C22H51NO4. The Morgan fingerprint density at radius 1 is 0.778 bits per heavy atom. The summed E-state index contributed by atoms with van der Waals surface area (Å²) < 4.78 is 5.50. The molecule has 5 heteroatoms. The fourth-order valence-corrected chi connectivity index (χ4v) is 1.45. The molecule has 0 spiro atoms. The molecule has 0 aliphatic heterocycles. The van der Waals surface area contributed by atoms with Crippen LogP contribution in [0.4, 0.5) is 0 Å². The highest BCUT2D eigenvalue weighted by molar-refractivity contribution is 5.73. The van der Waals surface area contributed by atoms with Crippen LogP contribution in [0.1, 0.15) is 94.4 Å². The summed E-state index contributed by atoms with van der Waals surface area (Å²) >= 11 is 0. The Bertz CT molecular complexity index is 259. The highest BCUT2D eigenvalue weighted by Gasteiger charge is 2.04. The minimum absolute atomic E-state index is 0.145. The maximum absolute atomic E-state index is 10.5. The summed E-state index contributed by atoms with van der Waals surface area (Å²) in [7, 11) is 0. The summed E-state index contributed by atoms with van der Waals surface area (Å²) in [5.41, 5.74) is 5.02. The second-order valence-corrected chi connectivity index (χ2v) is 7.68. The highest BCUT2D eigenvalue weighted by Crippen LogP contribution is 2.05. The van der Waals surface area contributed by atoms with E-state index >= 15 is 0 Å². The summed E-state index contributed by atoms with van der Waals surface area (Å²) in [6.45, 7) is 20.1. The molecule has 5 nitrogen and oxygen atoms in total. The zero-order valence-corrected chi connectivity index (χ0v) is 19.8. The first-order valence-electron chi connectivity index (χ1n) is 10.7. The molecule has 0 saturated carbocycles. The summed E-state index contributed by atoms with van der Waals surface area (Å²) in [5.74, 6) is 1.72. The number of carbonyl (C=O) groups is 1. The van der Waals surface area contributed by atoms with Crippen molar-refractivity contribution in [1.82, 2.24) is 0 Å². The van der Waals surface area contributed by atoms with Crippen molar-refractivity contribution in [2.75, 3.05) is 19.8 Å². The maximum Gasteiger partial charge on any atom is 0.217 e. The molecule has 0 radical (unpaired) electrons. The Balaban J connectivity index is -0.000000158. The monoisotopic (exact) mass is 393 g/mol. The molecule has 0 aliphatic carbocycles. The Morgan fingerprint density at radius 3 is 1.37 bits per heavy atom. The topological polar surface area (TPSA) is 92.8 Å². The number of rotatable bonds is 11. The van der Waals surface area contributed by atoms with E-state index in [2.05, 4.69) is 41.5 Å². The largest absolute Gasteiger partial charge is 0.396 e. The van der Waals surface area contributed by atoms with Crippen LogP contribution in [0.2, 0.25) is 0 Å².